The summed E-state index contributed by atoms with van der Waals surface area (Å²) in [4.78, 5) is 10.5. The van der Waals surface area contributed by atoms with Gasteiger partial charge in [-0.2, -0.15) is 0 Å². The van der Waals surface area contributed by atoms with Gasteiger partial charge in [0.15, 0.2) is 11.5 Å². The molecule has 1 aromatic carbocycles. The summed E-state index contributed by atoms with van der Waals surface area (Å²) in [5.41, 5.74) is 0.589. The van der Waals surface area contributed by atoms with Crippen molar-refractivity contribution in [3.63, 3.8) is 0 Å². The highest BCUT2D eigenvalue weighted by Crippen LogP contribution is 2.27. The maximum absolute atomic E-state index is 10.5. The van der Waals surface area contributed by atoms with Crippen LogP contribution in [-0.4, -0.2) is 20.0 Å². The highest BCUT2D eigenvalue weighted by molar-refractivity contribution is 5.76. The van der Waals surface area contributed by atoms with Crippen molar-refractivity contribution < 1.29 is 14.3 Å². The molecule has 0 saturated heterocycles. The minimum Gasteiger partial charge on any atom is -0.493 e. The van der Waals surface area contributed by atoms with E-state index < -0.39 is 0 Å². The van der Waals surface area contributed by atoms with Crippen molar-refractivity contribution >= 4 is 6.29 Å². The molecule has 0 bridgehead atoms. The molecule has 0 N–H and O–H groups in total. The lowest BCUT2D eigenvalue weighted by Crippen LogP contribution is -1.98. The van der Waals surface area contributed by atoms with Gasteiger partial charge in [-0.25, -0.2) is 0 Å². The second-order valence-corrected chi connectivity index (χ2v) is 2.88. The van der Waals surface area contributed by atoms with E-state index in [9.17, 15) is 4.79 Å². The van der Waals surface area contributed by atoms with E-state index in [2.05, 4.69) is 0 Å². The quantitative estimate of drug-likeness (QED) is 0.720. The van der Waals surface area contributed by atoms with Crippen LogP contribution in [-0.2, 0) is 0 Å². The number of aldehydes is 1. The molecule has 16 heavy (non-hydrogen) atoms. The predicted octanol–water partition coefficient (Wildman–Crippen LogP) is 3.32. The number of carbonyl (C=O) groups is 1. The van der Waals surface area contributed by atoms with Crippen LogP contribution in [0.3, 0.4) is 0 Å². The highest BCUT2D eigenvalue weighted by Gasteiger charge is 2.04. The number of benzene rings is 1. The zero-order valence-electron chi connectivity index (χ0n) is 10.4. The molecule has 0 aromatic heterocycles. The molecule has 0 amide bonds. The summed E-state index contributed by atoms with van der Waals surface area (Å²) >= 11 is 0. The van der Waals surface area contributed by atoms with Gasteiger partial charge in [-0.15, -0.1) is 0 Å². The highest BCUT2D eigenvalue weighted by atomic mass is 16.5. The molecule has 0 fully saturated rings. The van der Waals surface area contributed by atoms with E-state index in [4.69, 9.17) is 9.47 Å². The molecule has 3 heteroatoms. The van der Waals surface area contributed by atoms with Gasteiger partial charge >= 0.3 is 0 Å². The van der Waals surface area contributed by atoms with E-state index in [-0.39, 0.29) is 0 Å². The minimum atomic E-state index is 0.589. The van der Waals surface area contributed by atoms with Gasteiger partial charge in [-0.05, 0) is 24.6 Å². The van der Waals surface area contributed by atoms with Crippen molar-refractivity contribution in [2.75, 3.05) is 13.7 Å². The van der Waals surface area contributed by atoms with Gasteiger partial charge in [-0.3, -0.25) is 4.79 Å². The molecule has 0 unspecified atom stereocenters. The first-order valence-electron chi connectivity index (χ1n) is 5.57. The average molecular weight is 224 g/mol. The van der Waals surface area contributed by atoms with Crippen molar-refractivity contribution in [1.82, 2.24) is 0 Å². The topological polar surface area (TPSA) is 35.5 Å². The van der Waals surface area contributed by atoms with Gasteiger partial charge in [0.05, 0.1) is 13.7 Å². The second kappa shape index (κ2) is 8.77. The number of carbonyl (C=O) groups excluding carboxylic acids is 1. The second-order valence-electron chi connectivity index (χ2n) is 2.88. The molecule has 90 valence electrons. The molecule has 0 aliphatic rings. The van der Waals surface area contributed by atoms with Crippen LogP contribution in [0.25, 0.3) is 0 Å². The van der Waals surface area contributed by atoms with Crippen molar-refractivity contribution in [2.24, 2.45) is 0 Å². The van der Waals surface area contributed by atoms with Crippen LogP contribution in [0.15, 0.2) is 18.2 Å². The molecule has 0 aliphatic carbocycles. The van der Waals surface area contributed by atoms with Gasteiger partial charge in [0.2, 0.25) is 0 Å². The van der Waals surface area contributed by atoms with E-state index in [0.717, 1.165) is 12.7 Å². The number of hydrogen-bond donors (Lipinski definition) is 0. The Morgan fingerprint density at radius 1 is 1.25 bits per heavy atom. The molecule has 0 heterocycles. The van der Waals surface area contributed by atoms with Gasteiger partial charge in [-0.1, -0.05) is 20.8 Å². The van der Waals surface area contributed by atoms with Crippen molar-refractivity contribution in [2.45, 2.75) is 27.2 Å². The summed E-state index contributed by atoms with van der Waals surface area (Å²) in [6, 6.07) is 5.12. The van der Waals surface area contributed by atoms with Crippen LogP contribution in [0, 0.1) is 0 Å². The van der Waals surface area contributed by atoms with Crippen LogP contribution in [0.2, 0.25) is 0 Å². The number of hydrogen-bond acceptors (Lipinski definition) is 3. The van der Waals surface area contributed by atoms with Gasteiger partial charge in [0, 0.05) is 5.56 Å². The van der Waals surface area contributed by atoms with E-state index in [0.29, 0.717) is 23.7 Å². The Morgan fingerprint density at radius 3 is 2.44 bits per heavy atom. The third kappa shape index (κ3) is 4.34. The molecular weight excluding hydrogens is 204 g/mol. The summed E-state index contributed by atoms with van der Waals surface area (Å²) in [7, 11) is 1.56. The van der Waals surface area contributed by atoms with E-state index in [1.165, 1.54) is 0 Å². The zero-order chi connectivity index (χ0) is 12.4. The van der Waals surface area contributed by atoms with Gasteiger partial charge in [0.1, 0.15) is 6.29 Å². The Bertz CT molecular complexity index is 308. The van der Waals surface area contributed by atoms with Crippen LogP contribution >= 0.6 is 0 Å². The van der Waals surface area contributed by atoms with Gasteiger partial charge < -0.3 is 9.47 Å². The molecule has 1 rings (SSSR count). The summed E-state index contributed by atoms with van der Waals surface area (Å²) in [6.45, 7) is 6.68. The summed E-state index contributed by atoms with van der Waals surface area (Å²) in [6.07, 6.45) is 1.73. The van der Waals surface area contributed by atoms with Crippen molar-refractivity contribution in [3.05, 3.63) is 23.8 Å². The summed E-state index contributed by atoms with van der Waals surface area (Å²) in [5.74, 6) is 1.28. The lowest BCUT2D eigenvalue weighted by atomic mass is 10.2. The van der Waals surface area contributed by atoms with E-state index >= 15 is 0 Å². The van der Waals surface area contributed by atoms with Crippen LogP contribution in [0.4, 0.5) is 0 Å². The van der Waals surface area contributed by atoms with Crippen LogP contribution in [0.5, 0.6) is 11.5 Å². The maximum Gasteiger partial charge on any atom is 0.161 e. The predicted molar refractivity (Wildman–Crippen MR) is 65.5 cm³/mol. The zero-order valence-corrected chi connectivity index (χ0v) is 10.4. The van der Waals surface area contributed by atoms with Crippen molar-refractivity contribution in [3.8, 4) is 11.5 Å². The van der Waals surface area contributed by atoms with E-state index in [1.54, 1.807) is 25.3 Å². The number of ether oxygens (including phenoxy) is 2. The smallest absolute Gasteiger partial charge is 0.161 e. The fraction of sp³-hybridized carbons (Fsp3) is 0.462. The SMILES string of the molecule is CC.CCCOc1ccc(C=O)cc1OC. The lowest BCUT2D eigenvalue weighted by Gasteiger charge is -2.09. The number of rotatable bonds is 5. The molecule has 3 nitrogen and oxygen atoms in total. The molecule has 0 aliphatic heterocycles. The van der Waals surface area contributed by atoms with Crippen LogP contribution in [0.1, 0.15) is 37.6 Å². The molecule has 0 saturated carbocycles. The fourth-order valence-corrected chi connectivity index (χ4v) is 1.09. The maximum atomic E-state index is 10.5. The third-order valence-electron chi connectivity index (χ3n) is 1.79. The Labute approximate surface area is 97.4 Å². The molecule has 1 aromatic rings. The first kappa shape index (κ1) is 14.5. The molecule has 0 spiro atoms. The Hall–Kier alpha value is -1.51. The summed E-state index contributed by atoms with van der Waals surface area (Å²) in [5, 5.41) is 0. The van der Waals surface area contributed by atoms with Crippen LogP contribution < -0.4 is 9.47 Å². The first-order valence-corrected chi connectivity index (χ1v) is 5.57. The summed E-state index contributed by atoms with van der Waals surface area (Å²) < 4.78 is 10.5. The molecule has 0 radical (unpaired) electrons. The first-order chi connectivity index (χ1) is 7.81. The monoisotopic (exact) mass is 224 g/mol. The van der Waals surface area contributed by atoms with Gasteiger partial charge in [0.25, 0.3) is 0 Å². The standard InChI is InChI=1S/C11H14O3.C2H6/c1-3-6-14-10-5-4-9(8-12)7-11(10)13-2;1-2/h4-5,7-8H,3,6H2,1-2H3;1-2H3. The number of methoxy groups -OCH3 is 1. The molecule has 0 atom stereocenters. The normalized spacial score (nSPS) is 8.75. The van der Waals surface area contributed by atoms with Crippen molar-refractivity contribution in [1.29, 1.82) is 0 Å². The Balaban J connectivity index is 0.00000106. The van der Waals surface area contributed by atoms with E-state index in [1.807, 2.05) is 20.8 Å². The third-order valence-corrected chi connectivity index (χ3v) is 1.79. The molecular formula is C13H20O3. The Morgan fingerprint density at radius 2 is 1.94 bits per heavy atom. The fourth-order valence-electron chi connectivity index (χ4n) is 1.09. The average Bonchev–Trinajstić information content (AvgIpc) is 2.38. The lowest BCUT2D eigenvalue weighted by molar-refractivity contribution is 0.112. The largest absolute Gasteiger partial charge is 0.493 e. The Kier molecular flexibility index (Phi) is 7.94. The minimum absolute atomic E-state index is 0.589.